The number of oxazole rings is 1. The van der Waals surface area contributed by atoms with Gasteiger partial charge in [0, 0.05) is 25.8 Å². The zero-order valence-corrected chi connectivity index (χ0v) is 17.0. The van der Waals surface area contributed by atoms with E-state index >= 15 is 0 Å². The lowest BCUT2D eigenvalue weighted by Crippen LogP contribution is -2.33. The van der Waals surface area contributed by atoms with Crippen LogP contribution in [0.2, 0.25) is 0 Å². The van der Waals surface area contributed by atoms with E-state index in [1.165, 1.54) is 36.5 Å². The van der Waals surface area contributed by atoms with Gasteiger partial charge in [0.25, 0.3) is 0 Å². The lowest BCUT2D eigenvalue weighted by molar-refractivity contribution is 0.150. The van der Waals surface area contributed by atoms with E-state index in [0.29, 0.717) is 0 Å². The van der Waals surface area contributed by atoms with Crippen LogP contribution in [0.3, 0.4) is 0 Å². The number of methoxy groups -OCH3 is 1. The van der Waals surface area contributed by atoms with Crippen LogP contribution in [-0.2, 0) is 11.3 Å². The summed E-state index contributed by atoms with van der Waals surface area (Å²) in [5, 5.41) is 2.41. The molecule has 0 aliphatic carbocycles. The van der Waals surface area contributed by atoms with Gasteiger partial charge in [0.05, 0.1) is 5.69 Å². The fraction of sp³-hybridized carbons (Fsp3) is 0.458. The molecule has 3 aromatic rings. The molecule has 0 saturated carbocycles. The van der Waals surface area contributed by atoms with Crippen LogP contribution in [0.4, 0.5) is 0 Å². The van der Waals surface area contributed by atoms with E-state index in [2.05, 4.69) is 47.4 Å². The lowest BCUT2D eigenvalue weighted by Gasteiger charge is -2.31. The molecule has 0 spiro atoms. The van der Waals surface area contributed by atoms with Crippen molar-refractivity contribution < 1.29 is 9.15 Å². The van der Waals surface area contributed by atoms with E-state index in [0.717, 1.165) is 55.1 Å². The summed E-state index contributed by atoms with van der Waals surface area (Å²) in [6, 6.07) is 14.7. The quantitative estimate of drug-likeness (QED) is 0.513. The van der Waals surface area contributed by atoms with Gasteiger partial charge >= 0.3 is 0 Å². The van der Waals surface area contributed by atoms with E-state index < -0.39 is 0 Å². The summed E-state index contributed by atoms with van der Waals surface area (Å²) >= 11 is 0. The first-order valence-corrected chi connectivity index (χ1v) is 10.4. The zero-order valence-electron chi connectivity index (χ0n) is 17.0. The first kappa shape index (κ1) is 19.2. The van der Waals surface area contributed by atoms with Gasteiger partial charge in [0.15, 0.2) is 0 Å². The molecule has 0 radical (unpaired) electrons. The van der Waals surface area contributed by atoms with Crippen LogP contribution in [0, 0.1) is 12.8 Å². The molecule has 28 heavy (non-hydrogen) atoms. The third-order valence-corrected chi connectivity index (χ3v) is 5.95. The molecule has 1 aliphatic heterocycles. The Morgan fingerprint density at radius 3 is 2.71 bits per heavy atom. The van der Waals surface area contributed by atoms with Crippen LogP contribution in [0.15, 0.2) is 46.9 Å². The van der Waals surface area contributed by atoms with E-state index in [9.17, 15) is 0 Å². The maximum atomic E-state index is 6.09. The van der Waals surface area contributed by atoms with Gasteiger partial charge in [-0.2, -0.15) is 0 Å². The van der Waals surface area contributed by atoms with Crippen LogP contribution in [0.5, 0.6) is 0 Å². The van der Waals surface area contributed by atoms with Crippen LogP contribution in [-0.4, -0.2) is 36.7 Å². The molecular formula is C24H30N2O2. The number of aryl methyl sites for hydroxylation is 1. The standard InChI is InChI=1S/C24H30N2O2/c1-18-23(17-26-14-12-19(13-15-26)7-6-16-27-2)25-24(28-18)22-11-5-9-20-8-3-4-10-21(20)22/h3-5,8-11,19H,6-7,12-17H2,1-2H3. The van der Waals surface area contributed by atoms with Gasteiger partial charge in [-0.3, -0.25) is 4.90 Å². The van der Waals surface area contributed by atoms with Gasteiger partial charge in [-0.25, -0.2) is 4.98 Å². The predicted octanol–water partition coefficient (Wildman–Crippen LogP) is 5.44. The molecule has 0 N–H and O–H groups in total. The predicted molar refractivity (Wildman–Crippen MR) is 113 cm³/mol. The van der Waals surface area contributed by atoms with E-state index in [1.54, 1.807) is 7.11 Å². The molecule has 4 heteroatoms. The van der Waals surface area contributed by atoms with Crippen molar-refractivity contribution in [1.29, 1.82) is 0 Å². The van der Waals surface area contributed by atoms with Gasteiger partial charge in [0.1, 0.15) is 5.76 Å². The third kappa shape index (κ3) is 4.29. The molecule has 0 amide bonds. The molecule has 1 aromatic heterocycles. The summed E-state index contributed by atoms with van der Waals surface area (Å²) in [4.78, 5) is 7.40. The Morgan fingerprint density at radius 2 is 1.89 bits per heavy atom. The van der Waals surface area contributed by atoms with Crippen molar-refractivity contribution in [3.8, 4) is 11.5 Å². The third-order valence-electron chi connectivity index (χ3n) is 5.95. The molecular weight excluding hydrogens is 348 g/mol. The Labute approximate surface area is 167 Å². The first-order chi connectivity index (χ1) is 13.7. The Morgan fingerprint density at radius 1 is 1.11 bits per heavy atom. The van der Waals surface area contributed by atoms with E-state index in [1.807, 2.05) is 6.92 Å². The normalized spacial score (nSPS) is 16.1. The molecule has 2 heterocycles. The average molecular weight is 379 g/mol. The fourth-order valence-electron chi connectivity index (χ4n) is 4.26. The van der Waals surface area contributed by atoms with Crippen LogP contribution in [0.1, 0.15) is 37.1 Å². The number of nitrogens with zero attached hydrogens (tertiary/aromatic N) is 2. The number of aromatic nitrogens is 1. The van der Waals surface area contributed by atoms with Crippen molar-refractivity contribution in [3.05, 3.63) is 53.9 Å². The van der Waals surface area contributed by atoms with Crippen LogP contribution < -0.4 is 0 Å². The number of benzene rings is 2. The molecule has 0 atom stereocenters. The Kier molecular flexibility index (Phi) is 6.08. The van der Waals surface area contributed by atoms with Crippen molar-refractivity contribution in [2.45, 2.75) is 39.2 Å². The topological polar surface area (TPSA) is 38.5 Å². The lowest BCUT2D eigenvalue weighted by atomic mass is 9.92. The second-order valence-corrected chi connectivity index (χ2v) is 7.90. The summed E-state index contributed by atoms with van der Waals surface area (Å²) in [5.74, 6) is 2.51. The van der Waals surface area contributed by atoms with Crippen molar-refractivity contribution in [1.82, 2.24) is 9.88 Å². The molecule has 1 aliphatic rings. The van der Waals surface area contributed by atoms with Gasteiger partial charge < -0.3 is 9.15 Å². The molecule has 148 valence electrons. The SMILES string of the molecule is COCCCC1CCN(Cc2nc(-c3cccc4ccccc34)oc2C)CC1. The first-order valence-electron chi connectivity index (χ1n) is 10.4. The Bertz CT molecular complexity index is 905. The number of hydrogen-bond donors (Lipinski definition) is 0. The summed E-state index contributed by atoms with van der Waals surface area (Å²) < 4.78 is 11.3. The molecule has 0 bridgehead atoms. The van der Waals surface area contributed by atoms with Crippen molar-refractivity contribution in [3.63, 3.8) is 0 Å². The minimum atomic E-state index is 0.735. The maximum absolute atomic E-state index is 6.09. The van der Waals surface area contributed by atoms with Crippen molar-refractivity contribution >= 4 is 10.8 Å². The van der Waals surface area contributed by atoms with Gasteiger partial charge in [0.2, 0.25) is 5.89 Å². The minimum Gasteiger partial charge on any atom is -0.441 e. The fourth-order valence-corrected chi connectivity index (χ4v) is 4.26. The largest absolute Gasteiger partial charge is 0.441 e. The maximum Gasteiger partial charge on any atom is 0.227 e. The summed E-state index contributed by atoms with van der Waals surface area (Å²) in [5.41, 5.74) is 2.14. The van der Waals surface area contributed by atoms with Gasteiger partial charge in [-0.15, -0.1) is 0 Å². The monoisotopic (exact) mass is 378 g/mol. The summed E-state index contributed by atoms with van der Waals surface area (Å²) in [6.07, 6.45) is 5.02. The number of fused-ring (bicyclic) bond motifs is 1. The molecule has 1 fully saturated rings. The molecule has 0 unspecified atom stereocenters. The highest BCUT2D eigenvalue weighted by molar-refractivity contribution is 5.94. The van der Waals surface area contributed by atoms with E-state index in [4.69, 9.17) is 14.1 Å². The number of hydrogen-bond acceptors (Lipinski definition) is 4. The average Bonchev–Trinajstić information content (AvgIpc) is 3.09. The zero-order chi connectivity index (χ0) is 19.3. The van der Waals surface area contributed by atoms with Crippen molar-refractivity contribution in [2.24, 2.45) is 5.92 Å². The Balaban J connectivity index is 1.43. The van der Waals surface area contributed by atoms with Gasteiger partial charge in [-0.1, -0.05) is 36.4 Å². The van der Waals surface area contributed by atoms with Crippen molar-refractivity contribution in [2.75, 3.05) is 26.8 Å². The van der Waals surface area contributed by atoms with Gasteiger partial charge in [-0.05, 0) is 68.5 Å². The molecule has 4 nitrogen and oxygen atoms in total. The molecule has 2 aromatic carbocycles. The summed E-state index contributed by atoms with van der Waals surface area (Å²) in [7, 11) is 1.79. The Hall–Kier alpha value is -2.17. The number of piperidine rings is 1. The van der Waals surface area contributed by atoms with E-state index in [-0.39, 0.29) is 0 Å². The minimum absolute atomic E-state index is 0.735. The highest BCUT2D eigenvalue weighted by atomic mass is 16.5. The number of ether oxygens (including phenoxy) is 1. The number of likely N-dealkylation sites (tertiary alicyclic amines) is 1. The summed E-state index contributed by atoms with van der Waals surface area (Å²) in [6.45, 7) is 6.09. The molecule has 1 saturated heterocycles. The number of rotatable bonds is 7. The second kappa shape index (κ2) is 8.89. The van der Waals surface area contributed by atoms with Crippen LogP contribution in [0.25, 0.3) is 22.2 Å². The highest BCUT2D eigenvalue weighted by Crippen LogP contribution is 2.30. The highest BCUT2D eigenvalue weighted by Gasteiger charge is 2.21. The van der Waals surface area contributed by atoms with Crippen LogP contribution >= 0.6 is 0 Å². The second-order valence-electron chi connectivity index (χ2n) is 7.90. The smallest absolute Gasteiger partial charge is 0.227 e. The molecule has 4 rings (SSSR count).